The summed E-state index contributed by atoms with van der Waals surface area (Å²) in [6, 6.07) is 39.2. The average Bonchev–Trinajstić information content (AvgIpc) is 3.35. The summed E-state index contributed by atoms with van der Waals surface area (Å²) in [5, 5.41) is 3.21. The molecule has 0 saturated carbocycles. The first kappa shape index (κ1) is 24.5. The van der Waals surface area contributed by atoms with Crippen molar-refractivity contribution in [2.24, 2.45) is 0 Å². The number of hydrogen-bond donors (Lipinski definition) is 0. The van der Waals surface area contributed by atoms with Crippen molar-refractivity contribution in [3.63, 3.8) is 0 Å². The van der Waals surface area contributed by atoms with Crippen molar-refractivity contribution in [3.8, 4) is 11.1 Å². The molecule has 2 aliphatic carbocycles. The van der Waals surface area contributed by atoms with Gasteiger partial charge in [-0.15, -0.1) is 11.8 Å². The van der Waals surface area contributed by atoms with Gasteiger partial charge in [-0.2, -0.15) is 0 Å². The highest BCUT2D eigenvalue weighted by atomic mass is 32.2. The van der Waals surface area contributed by atoms with Crippen molar-refractivity contribution in [1.29, 1.82) is 0 Å². The van der Waals surface area contributed by atoms with Gasteiger partial charge in [0.15, 0.2) is 0 Å². The third kappa shape index (κ3) is 3.12. The first-order valence-electron chi connectivity index (χ1n) is 14.8. The second-order valence-corrected chi connectivity index (χ2v) is 15.5. The van der Waals surface area contributed by atoms with E-state index in [1.54, 1.807) is 21.4 Å². The van der Waals surface area contributed by atoms with Gasteiger partial charge in [0.1, 0.15) is 0 Å². The van der Waals surface area contributed by atoms with Gasteiger partial charge < -0.3 is 0 Å². The number of thioether (sulfide) groups is 2. The summed E-state index contributed by atoms with van der Waals surface area (Å²) in [6.07, 6.45) is 0. The molecule has 198 valence electrons. The Kier molecular flexibility index (Phi) is 4.92. The van der Waals surface area contributed by atoms with E-state index in [9.17, 15) is 0 Å². The number of allylic oxidation sites excluding steroid dienone is 1. The SMILES string of the molecule is CC1(C)C2=C(B3c4c(cccc4SC4C3c3cc5cccc(-c6ccccc6)c5cc3C4(C)C)S2)c2ccccc21. The quantitative estimate of drug-likeness (QED) is 0.187. The Morgan fingerprint density at radius 3 is 2.27 bits per heavy atom. The highest BCUT2D eigenvalue weighted by Crippen LogP contribution is 2.63. The van der Waals surface area contributed by atoms with Crippen LogP contribution in [0.2, 0.25) is 0 Å². The van der Waals surface area contributed by atoms with Gasteiger partial charge in [-0.3, -0.25) is 0 Å². The highest BCUT2D eigenvalue weighted by molar-refractivity contribution is 8.04. The lowest BCUT2D eigenvalue weighted by Crippen LogP contribution is -2.50. The molecule has 0 N–H and O–H groups in total. The predicted molar refractivity (Wildman–Crippen MR) is 179 cm³/mol. The molecule has 0 fully saturated rings. The molecule has 2 unspecified atom stereocenters. The fourth-order valence-corrected chi connectivity index (χ4v) is 11.7. The molecule has 5 aromatic rings. The van der Waals surface area contributed by atoms with Gasteiger partial charge in [-0.25, -0.2) is 0 Å². The zero-order valence-electron chi connectivity index (χ0n) is 23.9. The van der Waals surface area contributed by atoms with E-state index in [1.807, 2.05) is 11.8 Å². The van der Waals surface area contributed by atoms with Crippen LogP contribution in [0, 0.1) is 0 Å². The molecule has 2 heterocycles. The molecule has 5 aromatic carbocycles. The Hall–Kier alpha value is -3.14. The lowest BCUT2D eigenvalue weighted by atomic mass is 9.30. The summed E-state index contributed by atoms with van der Waals surface area (Å²) in [6.45, 7) is 10.3. The molecule has 0 amide bonds. The van der Waals surface area contributed by atoms with Gasteiger partial charge in [0.25, 0.3) is 0 Å². The average molecular weight is 563 g/mol. The molecule has 2 atom stereocenters. The van der Waals surface area contributed by atoms with E-state index in [0.717, 1.165) is 0 Å². The smallest absolute Gasteiger partial charge is 0.122 e. The van der Waals surface area contributed by atoms with Gasteiger partial charge >= 0.3 is 0 Å². The van der Waals surface area contributed by atoms with Crippen LogP contribution in [0.4, 0.5) is 0 Å². The Balaban J connectivity index is 1.33. The molecule has 0 radical (unpaired) electrons. The van der Waals surface area contributed by atoms with Crippen LogP contribution >= 0.6 is 23.5 Å². The zero-order chi connectivity index (χ0) is 27.7. The lowest BCUT2D eigenvalue weighted by Gasteiger charge is -2.42. The van der Waals surface area contributed by atoms with Gasteiger partial charge in [-0.1, -0.05) is 130 Å². The van der Waals surface area contributed by atoms with Crippen molar-refractivity contribution in [1.82, 2.24) is 0 Å². The monoisotopic (exact) mass is 562 g/mol. The van der Waals surface area contributed by atoms with Crippen molar-refractivity contribution >= 4 is 51.9 Å². The van der Waals surface area contributed by atoms with E-state index in [1.165, 1.54) is 48.4 Å². The topological polar surface area (TPSA) is 0 Å². The third-order valence-electron chi connectivity index (χ3n) is 10.4. The second kappa shape index (κ2) is 8.24. The van der Waals surface area contributed by atoms with Crippen molar-refractivity contribution in [3.05, 3.63) is 130 Å². The molecule has 41 heavy (non-hydrogen) atoms. The molecular weight excluding hydrogens is 531 g/mol. The minimum atomic E-state index is 0.0231. The number of fused-ring (bicyclic) bond motifs is 8. The minimum absolute atomic E-state index is 0.0231. The summed E-state index contributed by atoms with van der Waals surface area (Å²) in [5.41, 5.74) is 12.0. The molecule has 0 saturated heterocycles. The fourth-order valence-electron chi connectivity index (χ4n) is 8.49. The second-order valence-electron chi connectivity index (χ2n) is 13.3. The summed E-state index contributed by atoms with van der Waals surface area (Å²) < 4.78 is 0. The molecule has 4 aliphatic rings. The molecule has 0 nitrogen and oxygen atoms in total. The molecule has 0 aromatic heterocycles. The molecule has 9 rings (SSSR count). The van der Waals surface area contributed by atoms with Crippen LogP contribution in [-0.4, -0.2) is 12.0 Å². The normalized spacial score (nSPS) is 22.2. The Morgan fingerprint density at radius 2 is 1.41 bits per heavy atom. The number of benzene rings is 5. The Labute approximate surface area is 251 Å². The first-order valence-corrected chi connectivity index (χ1v) is 16.5. The largest absolute Gasteiger partial charge is 0.222 e. The molecular formula is C38H31BS2. The Bertz CT molecular complexity index is 1970. The van der Waals surface area contributed by atoms with Gasteiger partial charge in [-0.05, 0) is 78.5 Å². The summed E-state index contributed by atoms with van der Waals surface area (Å²) in [7, 11) is 0. The fraction of sp³-hybridized carbons (Fsp3) is 0.211. The minimum Gasteiger partial charge on any atom is -0.122 e. The molecule has 0 spiro atoms. The van der Waals surface area contributed by atoms with Gasteiger partial charge in [0, 0.05) is 25.9 Å². The van der Waals surface area contributed by atoms with Crippen molar-refractivity contribution in [2.75, 3.05) is 0 Å². The van der Waals surface area contributed by atoms with Crippen LogP contribution in [0.5, 0.6) is 0 Å². The van der Waals surface area contributed by atoms with E-state index >= 15 is 0 Å². The molecule has 2 aliphatic heterocycles. The Morgan fingerprint density at radius 1 is 0.683 bits per heavy atom. The van der Waals surface area contributed by atoms with Crippen molar-refractivity contribution in [2.45, 2.75) is 59.4 Å². The van der Waals surface area contributed by atoms with Crippen LogP contribution < -0.4 is 5.46 Å². The first-order chi connectivity index (χ1) is 19.9. The standard InChI is InChI=1S/C38H31BS2/c1-37(2)28-17-9-8-15-25(28)32-35(37)40-30-18-11-19-31-34(30)39(32)33-27-20-23-14-10-16-24(22-12-6-5-7-13-22)26(23)21-29(27)38(3,4)36(33)41-31/h5-21,33,36H,1-4H3. The molecule has 0 bridgehead atoms. The van der Waals surface area contributed by atoms with Crippen LogP contribution in [0.25, 0.3) is 27.4 Å². The summed E-state index contributed by atoms with van der Waals surface area (Å²) in [5.74, 6) is 0.441. The van der Waals surface area contributed by atoms with Crippen LogP contribution in [0.15, 0.2) is 118 Å². The maximum absolute atomic E-state index is 2.58. The maximum atomic E-state index is 2.58. The third-order valence-corrected chi connectivity index (χ3v) is 13.7. The van der Waals surface area contributed by atoms with Crippen molar-refractivity contribution < 1.29 is 0 Å². The van der Waals surface area contributed by atoms with Crippen LogP contribution in [0.3, 0.4) is 0 Å². The number of rotatable bonds is 1. The lowest BCUT2D eigenvalue weighted by molar-refractivity contribution is 0.528. The predicted octanol–water partition coefficient (Wildman–Crippen LogP) is 9.64. The van der Waals surface area contributed by atoms with E-state index in [2.05, 4.69) is 143 Å². The summed E-state index contributed by atoms with van der Waals surface area (Å²) >= 11 is 4.19. The van der Waals surface area contributed by atoms with E-state index < -0.39 is 0 Å². The maximum Gasteiger partial charge on any atom is 0.222 e. The van der Waals surface area contributed by atoms with Gasteiger partial charge in [0.05, 0.1) is 0 Å². The van der Waals surface area contributed by atoms with E-state index in [4.69, 9.17) is 0 Å². The van der Waals surface area contributed by atoms with Gasteiger partial charge in [0.2, 0.25) is 6.71 Å². The zero-order valence-corrected chi connectivity index (χ0v) is 25.5. The van der Waals surface area contributed by atoms with E-state index in [-0.39, 0.29) is 10.8 Å². The number of hydrogen-bond acceptors (Lipinski definition) is 2. The van der Waals surface area contributed by atoms with Crippen LogP contribution in [0.1, 0.15) is 55.8 Å². The highest BCUT2D eigenvalue weighted by Gasteiger charge is 2.58. The van der Waals surface area contributed by atoms with E-state index in [0.29, 0.717) is 17.8 Å². The summed E-state index contributed by atoms with van der Waals surface area (Å²) in [4.78, 5) is 4.53. The molecule has 3 heteroatoms. The van der Waals surface area contributed by atoms with Crippen LogP contribution in [-0.2, 0) is 10.8 Å².